The quantitative estimate of drug-likeness (QED) is 0.364. The van der Waals surface area contributed by atoms with E-state index >= 15 is 0 Å². The van der Waals surface area contributed by atoms with E-state index in [4.69, 9.17) is 0 Å². The fourth-order valence-corrected chi connectivity index (χ4v) is 3.23. The molecule has 0 N–H and O–H groups in total. The van der Waals surface area contributed by atoms with Gasteiger partial charge in [-0.25, -0.2) is 0 Å². The lowest BCUT2D eigenvalue weighted by atomic mass is 9.78. The Hall–Kier alpha value is -2.50. The Kier molecular flexibility index (Phi) is 3.31. The number of imide groups is 1. The molecule has 1 fully saturated rings. The monoisotopic (exact) mass is 300 g/mol. The van der Waals surface area contributed by atoms with Crippen LogP contribution in [0.1, 0.15) is 26.7 Å². The van der Waals surface area contributed by atoms with Crippen LogP contribution in [-0.4, -0.2) is 16.7 Å². The molecule has 0 radical (unpaired) electrons. The summed E-state index contributed by atoms with van der Waals surface area (Å²) in [6.45, 7) is 4.00. The normalized spacial score (nSPS) is 24.7. The minimum atomic E-state index is -0.506. The molecule has 0 saturated carbocycles. The highest BCUT2D eigenvalue weighted by Gasteiger charge is 2.49. The van der Waals surface area contributed by atoms with Gasteiger partial charge >= 0.3 is 0 Å². The summed E-state index contributed by atoms with van der Waals surface area (Å²) >= 11 is 0. The smallest absolute Gasteiger partial charge is 0.269 e. The summed E-state index contributed by atoms with van der Waals surface area (Å²) in [5.74, 6) is -0.996. The van der Waals surface area contributed by atoms with Crippen molar-refractivity contribution in [2.75, 3.05) is 4.90 Å². The number of carbonyl (C=O) groups excluding carboxylic acids is 2. The maximum Gasteiger partial charge on any atom is 0.269 e. The van der Waals surface area contributed by atoms with Crippen LogP contribution in [0, 0.1) is 22.0 Å². The molecule has 0 unspecified atom stereocenters. The molecule has 114 valence electrons. The summed E-state index contributed by atoms with van der Waals surface area (Å²) in [5, 5.41) is 10.7. The molecular formula is C16H16N2O4. The molecule has 2 amide bonds. The first-order valence-corrected chi connectivity index (χ1v) is 7.17. The zero-order chi connectivity index (χ0) is 16.0. The summed E-state index contributed by atoms with van der Waals surface area (Å²) in [4.78, 5) is 36.5. The van der Waals surface area contributed by atoms with Gasteiger partial charge in [0.1, 0.15) is 0 Å². The predicted molar refractivity (Wildman–Crippen MR) is 80.2 cm³/mol. The van der Waals surface area contributed by atoms with Crippen molar-refractivity contribution in [1.82, 2.24) is 0 Å². The highest BCUT2D eigenvalue weighted by molar-refractivity contribution is 6.22. The summed E-state index contributed by atoms with van der Waals surface area (Å²) in [5.41, 5.74) is 2.69. The molecule has 2 atom stereocenters. The molecule has 1 saturated heterocycles. The van der Waals surface area contributed by atoms with Gasteiger partial charge in [-0.15, -0.1) is 0 Å². The molecule has 0 spiro atoms. The molecule has 22 heavy (non-hydrogen) atoms. The van der Waals surface area contributed by atoms with Crippen molar-refractivity contribution in [2.24, 2.45) is 11.8 Å². The summed E-state index contributed by atoms with van der Waals surface area (Å²) in [6, 6.07) is 5.54. The molecule has 1 aromatic rings. The Bertz CT molecular complexity index is 673. The van der Waals surface area contributed by atoms with Gasteiger partial charge in [-0.3, -0.25) is 24.6 Å². The number of nitro benzene ring substituents is 1. The van der Waals surface area contributed by atoms with Crippen LogP contribution >= 0.6 is 0 Å². The van der Waals surface area contributed by atoms with Gasteiger partial charge < -0.3 is 0 Å². The van der Waals surface area contributed by atoms with E-state index in [0.717, 1.165) is 0 Å². The Morgan fingerprint density at radius 1 is 1.00 bits per heavy atom. The molecule has 1 aliphatic heterocycles. The van der Waals surface area contributed by atoms with Crippen molar-refractivity contribution >= 4 is 23.2 Å². The predicted octanol–water partition coefficient (Wildman–Crippen LogP) is 2.83. The molecule has 6 heteroatoms. The Morgan fingerprint density at radius 3 is 1.86 bits per heavy atom. The van der Waals surface area contributed by atoms with Crippen LogP contribution in [0.2, 0.25) is 0 Å². The van der Waals surface area contributed by atoms with E-state index in [1.807, 2.05) is 13.8 Å². The molecule has 2 aliphatic rings. The first kappa shape index (κ1) is 14.4. The summed E-state index contributed by atoms with van der Waals surface area (Å²) in [7, 11) is 0. The minimum Gasteiger partial charge on any atom is -0.274 e. The lowest BCUT2D eigenvalue weighted by Crippen LogP contribution is -2.30. The van der Waals surface area contributed by atoms with Gasteiger partial charge in [0.05, 0.1) is 22.4 Å². The molecular weight excluding hydrogens is 284 g/mol. The number of allylic oxidation sites excluding steroid dienone is 2. The number of nitrogens with zero attached hydrogens (tertiary/aromatic N) is 2. The van der Waals surface area contributed by atoms with Gasteiger partial charge in [0.25, 0.3) is 5.69 Å². The number of hydrogen-bond acceptors (Lipinski definition) is 4. The van der Waals surface area contributed by atoms with Gasteiger partial charge in [-0.1, -0.05) is 11.1 Å². The topological polar surface area (TPSA) is 80.5 Å². The zero-order valence-corrected chi connectivity index (χ0v) is 12.4. The lowest BCUT2D eigenvalue weighted by molar-refractivity contribution is -0.384. The number of nitro groups is 1. The standard InChI is InChI=1S/C16H16N2O4/c1-9-7-13-14(8-10(9)2)16(20)17(15(13)19)11-3-5-12(6-4-11)18(21)22/h3-6,13-14H,7-8H2,1-2H3/t13-,14-/m0/s1. The van der Waals surface area contributed by atoms with E-state index < -0.39 is 4.92 Å². The number of anilines is 1. The van der Waals surface area contributed by atoms with E-state index in [-0.39, 0.29) is 29.3 Å². The number of benzene rings is 1. The van der Waals surface area contributed by atoms with Crippen LogP contribution in [0.5, 0.6) is 0 Å². The first-order chi connectivity index (χ1) is 10.4. The zero-order valence-electron chi connectivity index (χ0n) is 12.4. The number of carbonyl (C=O) groups is 2. The number of hydrogen-bond donors (Lipinski definition) is 0. The van der Waals surface area contributed by atoms with Crippen molar-refractivity contribution in [3.63, 3.8) is 0 Å². The highest BCUT2D eigenvalue weighted by Crippen LogP contribution is 2.42. The van der Waals surface area contributed by atoms with Gasteiger partial charge in [0.15, 0.2) is 0 Å². The van der Waals surface area contributed by atoms with Gasteiger partial charge in [0, 0.05) is 12.1 Å². The average molecular weight is 300 g/mol. The second kappa shape index (κ2) is 5.05. The van der Waals surface area contributed by atoms with Crippen LogP contribution < -0.4 is 4.90 Å². The Morgan fingerprint density at radius 2 is 1.45 bits per heavy atom. The molecule has 6 nitrogen and oxygen atoms in total. The van der Waals surface area contributed by atoms with Crippen molar-refractivity contribution < 1.29 is 14.5 Å². The van der Waals surface area contributed by atoms with Crippen LogP contribution in [0.15, 0.2) is 35.4 Å². The lowest BCUT2D eigenvalue weighted by Gasteiger charge is -2.23. The fraction of sp³-hybridized carbons (Fsp3) is 0.375. The highest BCUT2D eigenvalue weighted by atomic mass is 16.6. The van der Waals surface area contributed by atoms with Crippen molar-refractivity contribution in [1.29, 1.82) is 0 Å². The van der Waals surface area contributed by atoms with Crippen LogP contribution in [0.3, 0.4) is 0 Å². The third-order valence-electron chi connectivity index (χ3n) is 4.66. The van der Waals surface area contributed by atoms with E-state index in [1.165, 1.54) is 40.3 Å². The third kappa shape index (κ3) is 2.11. The number of rotatable bonds is 2. The van der Waals surface area contributed by atoms with Crippen LogP contribution in [0.4, 0.5) is 11.4 Å². The van der Waals surface area contributed by atoms with E-state index in [2.05, 4.69) is 0 Å². The molecule has 1 aromatic carbocycles. The second-order valence-corrected chi connectivity index (χ2v) is 5.97. The number of fused-ring (bicyclic) bond motifs is 1. The molecule has 1 aliphatic carbocycles. The van der Waals surface area contributed by atoms with Crippen molar-refractivity contribution in [3.8, 4) is 0 Å². The molecule has 0 aromatic heterocycles. The fourth-order valence-electron chi connectivity index (χ4n) is 3.23. The SMILES string of the molecule is CC1=C(C)C[C@@H]2C(=O)N(c3ccc([N+](=O)[O-])cc3)C(=O)[C@H]2C1. The maximum absolute atomic E-state index is 12.6. The number of amides is 2. The Balaban J connectivity index is 1.92. The van der Waals surface area contributed by atoms with Gasteiger partial charge in [-0.05, 0) is 38.8 Å². The average Bonchev–Trinajstić information content (AvgIpc) is 2.72. The van der Waals surface area contributed by atoms with Crippen LogP contribution in [0.25, 0.3) is 0 Å². The van der Waals surface area contributed by atoms with Crippen molar-refractivity contribution in [2.45, 2.75) is 26.7 Å². The second-order valence-electron chi connectivity index (χ2n) is 5.97. The number of non-ortho nitro benzene ring substituents is 1. The van der Waals surface area contributed by atoms with E-state index in [0.29, 0.717) is 18.5 Å². The summed E-state index contributed by atoms with van der Waals surface area (Å²) < 4.78 is 0. The summed E-state index contributed by atoms with van der Waals surface area (Å²) in [6.07, 6.45) is 1.23. The maximum atomic E-state index is 12.6. The molecule has 1 heterocycles. The van der Waals surface area contributed by atoms with Gasteiger partial charge in [0.2, 0.25) is 11.8 Å². The molecule has 0 bridgehead atoms. The first-order valence-electron chi connectivity index (χ1n) is 7.17. The van der Waals surface area contributed by atoms with Crippen molar-refractivity contribution in [3.05, 3.63) is 45.5 Å². The third-order valence-corrected chi connectivity index (χ3v) is 4.66. The van der Waals surface area contributed by atoms with E-state index in [1.54, 1.807) is 0 Å². The van der Waals surface area contributed by atoms with Crippen LogP contribution in [-0.2, 0) is 9.59 Å². The van der Waals surface area contributed by atoms with E-state index in [9.17, 15) is 19.7 Å². The minimum absolute atomic E-state index is 0.0615. The Labute approximate surface area is 127 Å². The molecule has 3 rings (SSSR count). The largest absolute Gasteiger partial charge is 0.274 e. The van der Waals surface area contributed by atoms with Gasteiger partial charge in [-0.2, -0.15) is 0 Å².